The number of aromatic amines is 1. The summed E-state index contributed by atoms with van der Waals surface area (Å²) in [6.45, 7) is 0. The Morgan fingerprint density at radius 1 is 1.00 bits per heavy atom. The second kappa shape index (κ2) is 5.92. The molecule has 3 rings (SSSR count). The van der Waals surface area contributed by atoms with E-state index in [0.717, 1.165) is 10.9 Å². The van der Waals surface area contributed by atoms with E-state index in [1.54, 1.807) is 30.5 Å². The van der Waals surface area contributed by atoms with Crippen molar-refractivity contribution in [2.75, 3.05) is 0 Å². The van der Waals surface area contributed by atoms with E-state index in [2.05, 4.69) is 4.98 Å². The van der Waals surface area contributed by atoms with Crippen molar-refractivity contribution in [3.8, 4) is 0 Å². The molecule has 2 aromatic rings. The number of hydrogen-bond acceptors (Lipinski definition) is 7. The molecule has 0 amide bonds. The highest BCUT2D eigenvalue weighted by Gasteiger charge is 2.61. The molecule has 8 heteroatoms. The third kappa shape index (κ3) is 2.35. The van der Waals surface area contributed by atoms with E-state index in [1.807, 2.05) is 0 Å². The van der Waals surface area contributed by atoms with Gasteiger partial charge >= 0.3 is 0 Å². The zero-order valence-corrected chi connectivity index (χ0v) is 12.6. The van der Waals surface area contributed by atoms with Crippen molar-refractivity contribution in [2.45, 2.75) is 42.5 Å². The minimum Gasteiger partial charge on any atom is -0.387 e. The first-order valence-electron chi connectivity index (χ1n) is 7.49. The number of H-pyrrole nitrogens is 1. The van der Waals surface area contributed by atoms with Crippen molar-refractivity contribution in [1.29, 1.82) is 0 Å². The Morgan fingerprint density at radius 2 is 1.58 bits per heavy atom. The van der Waals surface area contributed by atoms with Crippen LogP contribution >= 0.6 is 0 Å². The Morgan fingerprint density at radius 3 is 2.21 bits per heavy atom. The Kier molecular flexibility index (Phi) is 4.20. The minimum absolute atomic E-state index is 0.343. The van der Waals surface area contributed by atoms with Crippen LogP contribution in [0.25, 0.3) is 10.9 Å². The number of carbonyl (C=O) groups excluding carboxylic acids is 1. The molecule has 130 valence electrons. The summed E-state index contributed by atoms with van der Waals surface area (Å²) in [5.41, 5.74) is -1.50. The number of carbonyl (C=O) groups is 1. The molecule has 0 saturated heterocycles. The smallest absolute Gasteiger partial charge is 0.180 e. The number of nitrogens with one attached hydrogen (secondary N) is 1. The van der Waals surface area contributed by atoms with E-state index < -0.39 is 41.9 Å². The second-order valence-electron chi connectivity index (χ2n) is 6.15. The SMILES string of the molecule is O=C(Cc1c[nH]c2ccccc12)C1(O)[C@H](O)[C@H](O)C(O)[C@H](O)[C@H]1O. The van der Waals surface area contributed by atoms with Gasteiger partial charge in [0.2, 0.25) is 0 Å². The van der Waals surface area contributed by atoms with E-state index in [-0.39, 0.29) is 6.42 Å². The lowest BCUT2D eigenvalue weighted by molar-refractivity contribution is -0.258. The van der Waals surface area contributed by atoms with Crippen LogP contribution in [0.4, 0.5) is 0 Å². The van der Waals surface area contributed by atoms with Crippen LogP contribution in [0.3, 0.4) is 0 Å². The molecule has 1 aromatic carbocycles. The number of hydrogen-bond donors (Lipinski definition) is 7. The standard InChI is InChI=1S/C16H19NO7/c18-10(5-7-6-17-9-4-2-1-3-8(7)9)16(24)14(22)12(20)11(19)13(21)15(16)23/h1-4,6,11-15,17,19-24H,5H2/t11?,12-,13+,14-,15-,16?/m1/s1. The van der Waals surface area contributed by atoms with Crippen molar-refractivity contribution >= 4 is 16.7 Å². The highest BCUT2D eigenvalue weighted by molar-refractivity contribution is 5.94. The first-order valence-corrected chi connectivity index (χ1v) is 7.49. The largest absolute Gasteiger partial charge is 0.387 e. The Bertz CT molecular complexity index is 742. The fourth-order valence-electron chi connectivity index (χ4n) is 3.19. The van der Waals surface area contributed by atoms with Crippen LogP contribution < -0.4 is 0 Å². The second-order valence-corrected chi connectivity index (χ2v) is 6.15. The fraction of sp³-hybridized carbons (Fsp3) is 0.438. The molecule has 0 spiro atoms. The Balaban J connectivity index is 1.93. The van der Waals surface area contributed by atoms with E-state index in [1.165, 1.54) is 0 Å². The monoisotopic (exact) mass is 337 g/mol. The highest BCUT2D eigenvalue weighted by Crippen LogP contribution is 2.32. The number of aliphatic hydroxyl groups excluding tert-OH is 5. The van der Waals surface area contributed by atoms with Crippen LogP contribution in [0, 0.1) is 0 Å². The molecule has 1 saturated carbocycles. The average Bonchev–Trinajstić information content (AvgIpc) is 2.99. The van der Waals surface area contributed by atoms with Gasteiger partial charge in [-0.2, -0.15) is 0 Å². The van der Waals surface area contributed by atoms with Crippen LogP contribution in [-0.4, -0.2) is 77.5 Å². The molecule has 1 fully saturated rings. The van der Waals surface area contributed by atoms with E-state index >= 15 is 0 Å². The van der Waals surface area contributed by atoms with Gasteiger partial charge in [0.05, 0.1) is 0 Å². The molecule has 7 N–H and O–H groups in total. The van der Waals surface area contributed by atoms with Gasteiger partial charge in [-0.3, -0.25) is 4.79 Å². The predicted molar refractivity (Wildman–Crippen MR) is 82.0 cm³/mol. The number of para-hydroxylation sites is 1. The summed E-state index contributed by atoms with van der Waals surface area (Å²) in [4.78, 5) is 15.5. The van der Waals surface area contributed by atoms with Gasteiger partial charge in [0.1, 0.15) is 30.5 Å². The number of benzene rings is 1. The summed E-state index contributed by atoms with van der Waals surface area (Å²) in [5, 5.41) is 60.3. The van der Waals surface area contributed by atoms with Gasteiger partial charge in [-0.15, -0.1) is 0 Å². The van der Waals surface area contributed by atoms with Gasteiger partial charge in [-0.25, -0.2) is 0 Å². The fourth-order valence-corrected chi connectivity index (χ4v) is 3.19. The summed E-state index contributed by atoms with van der Waals surface area (Å²) in [5.74, 6) is -0.975. The van der Waals surface area contributed by atoms with Gasteiger partial charge in [0.25, 0.3) is 0 Å². The van der Waals surface area contributed by atoms with Gasteiger partial charge in [0, 0.05) is 23.5 Å². The van der Waals surface area contributed by atoms with Crippen LogP contribution in [0.2, 0.25) is 0 Å². The summed E-state index contributed by atoms with van der Waals surface area (Å²) in [6, 6.07) is 7.14. The summed E-state index contributed by atoms with van der Waals surface area (Å²) >= 11 is 0. The van der Waals surface area contributed by atoms with Crippen LogP contribution in [0.1, 0.15) is 5.56 Å². The van der Waals surface area contributed by atoms with Crippen LogP contribution in [0.5, 0.6) is 0 Å². The van der Waals surface area contributed by atoms with E-state index in [9.17, 15) is 35.4 Å². The number of ketones is 1. The van der Waals surface area contributed by atoms with Gasteiger partial charge in [0.15, 0.2) is 11.4 Å². The van der Waals surface area contributed by atoms with Gasteiger partial charge in [-0.1, -0.05) is 18.2 Å². The molecule has 0 bridgehead atoms. The molecule has 0 aliphatic heterocycles. The number of rotatable bonds is 3. The molecule has 0 radical (unpaired) electrons. The normalized spacial score (nSPS) is 36.8. The molecule has 24 heavy (non-hydrogen) atoms. The zero-order valence-electron chi connectivity index (χ0n) is 12.6. The van der Waals surface area contributed by atoms with Crippen molar-refractivity contribution in [3.05, 3.63) is 36.0 Å². The summed E-state index contributed by atoms with van der Waals surface area (Å²) in [7, 11) is 0. The molecule has 8 nitrogen and oxygen atoms in total. The number of aromatic nitrogens is 1. The van der Waals surface area contributed by atoms with Gasteiger partial charge in [-0.05, 0) is 11.6 Å². The lowest BCUT2D eigenvalue weighted by atomic mass is 9.71. The van der Waals surface area contributed by atoms with Crippen LogP contribution in [0.15, 0.2) is 30.5 Å². The highest BCUT2D eigenvalue weighted by atomic mass is 16.4. The molecular weight excluding hydrogens is 318 g/mol. The van der Waals surface area contributed by atoms with Crippen molar-refractivity contribution < 1.29 is 35.4 Å². The first-order chi connectivity index (χ1) is 11.3. The molecule has 6 atom stereocenters. The molecular formula is C16H19NO7. The molecule has 2 unspecified atom stereocenters. The molecule has 1 heterocycles. The minimum atomic E-state index is -2.80. The number of Topliss-reactive ketones (excluding diaryl/α,β-unsaturated/α-hetero) is 1. The Hall–Kier alpha value is -1.81. The maximum absolute atomic E-state index is 12.6. The summed E-state index contributed by atoms with van der Waals surface area (Å²) in [6.07, 6.45) is -8.87. The van der Waals surface area contributed by atoms with E-state index in [4.69, 9.17) is 0 Å². The third-order valence-electron chi connectivity index (χ3n) is 4.72. The van der Waals surface area contributed by atoms with E-state index in [0.29, 0.717) is 5.56 Å². The quantitative estimate of drug-likeness (QED) is 0.336. The maximum Gasteiger partial charge on any atom is 0.180 e. The zero-order chi connectivity index (χ0) is 17.6. The third-order valence-corrected chi connectivity index (χ3v) is 4.72. The maximum atomic E-state index is 12.6. The molecule has 1 aliphatic carbocycles. The summed E-state index contributed by atoms with van der Waals surface area (Å²) < 4.78 is 0. The van der Waals surface area contributed by atoms with Crippen molar-refractivity contribution in [3.63, 3.8) is 0 Å². The van der Waals surface area contributed by atoms with Crippen molar-refractivity contribution in [1.82, 2.24) is 4.98 Å². The lowest BCUT2D eigenvalue weighted by Gasteiger charge is -2.46. The molecule has 1 aromatic heterocycles. The predicted octanol–water partition coefficient (Wildman–Crippen LogP) is -2.17. The Labute approximate surface area is 136 Å². The van der Waals surface area contributed by atoms with Crippen LogP contribution in [-0.2, 0) is 11.2 Å². The van der Waals surface area contributed by atoms with Gasteiger partial charge < -0.3 is 35.6 Å². The number of fused-ring (bicyclic) bond motifs is 1. The molecule has 1 aliphatic rings. The van der Waals surface area contributed by atoms with Crippen molar-refractivity contribution in [2.24, 2.45) is 0 Å². The lowest BCUT2D eigenvalue weighted by Crippen LogP contribution is -2.73. The number of aliphatic hydroxyl groups is 6. The average molecular weight is 337 g/mol. The first kappa shape index (κ1) is 17.0. The topological polar surface area (TPSA) is 154 Å².